The van der Waals surface area contributed by atoms with Crippen LogP contribution in [0.1, 0.15) is 23.1 Å². The zero-order valence-electron chi connectivity index (χ0n) is 10.0. The summed E-state index contributed by atoms with van der Waals surface area (Å²) in [5.74, 6) is -2.09. The van der Waals surface area contributed by atoms with E-state index in [0.717, 1.165) is 23.0 Å². The lowest BCUT2D eigenvalue weighted by Gasteiger charge is -2.01. The number of halogens is 2. The molecule has 0 N–H and O–H groups in total. The first-order valence-corrected chi connectivity index (χ1v) is 5.49. The summed E-state index contributed by atoms with van der Waals surface area (Å²) in [6.07, 6.45) is 0. The minimum atomic E-state index is -0.714. The number of tetrazole rings is 1. The molecule has 1 heterocycles. The van der Waals surface area contributed by atoms with Crippen LogP contribution in [-0.4, -0.2) is 32.8 Å². The lowest BCUT2D eigenvalue weighted by Crippen LogP contribution is -2.09. The molecule has 8 heteroatoms. The number of esters is 1. The first-order valence-electron chi connectivity index (χ1n) is 5.49. The molecule has 0 aliphatic carbocycles. The number of rotatable bonds is 4. The zero-order chi connectivity index (χ0) is 13.8. The van der Waals surface area contributed by atoms with Crippen LogP contribution in [0.4, 0.5) is 8.78 Å². The monoisotopic (exact) mass is 268 g/mol. The van der Waals surface area contributed by atoms with Gasteiger partial charge in [-0.05, 0) is 30.3 Å². The van der Waals surface area contributed by atoms with E-state index >= 15 is 0 Å². The van der Waals surface area contributed by atoms with Gasteiger partial charge in [0.1, 0.15) is 11.6 Å². The van der Waals surface area contributed by atoms with Crippen LogP contribution in [-0.2, 0) is 11.3 Å². The minimum absolute atomic E-state index is 0.0628. The fourth-order valence-electron chi connectivity index (χ4n) is 1.40. The van der Waals surface area contributed by atoms with E-state index in [0.29, 0.717) is 0 Å². The summed E-state index contributed by atoms with van der Waals surface area (Å²) >= 11 is 0. The number of ether oxygens (including phenoxy) is 1. The zero-order valence-corrected chi connectivity index (χ0v) is 10.0. The number of aromatic nitrogens is 4. The van der Waals surface area contributed by atoms with E-state index in [1.165, 1.54) is 0 Å². The van der Waals surface area contributed by atoms with Gasteiger partial charge >= 0.3 is 5.97 Å². The Morgan fingerprint density at radius 2 is 2.21 bits per heavy atom. The average Bonchev–Trinajstić information content (AvgIpc) is 2.83. The van der Waals surface area contributed by atoms with Crippen molar-refractivity contribution in [1.82, 2.24) is 20.2 Å². The number of hydrogen-bond acceptors (Lipinski definition) is 5. The van der Waals surface area contributed by atoms with Crippen molar-refractivity contribution in [3.05, 3.63) is 41.2 Å². The van der Waals surface area contributed by atoms with Crippen LogP contribution < -0.4 is 0 Å². The standard InChI is InChI=1S/C11H10F2N4O2/c1-2-19-11(18)10-14-16-17(15-10)6-7-5-8(12)3-4-9(7)13/h3-5H,2,6H2,1H3. The van der Waals surface area contributed by atoms with Crippen LogP contribution in [0.5, 0.6) is 0 Å². The number of carbonyl (C=O) groups excluding carboxylic acids is 1. The molecule has 2 aromatic rings. The highest BCUT2D eigenvalue weighted by molar-refractivity contribution is 5.84. The molecule has 0 spiro atoms. The molecule has 0 saturated carbocycles. The van der Waals surface area contributed by atoms with Gasteiger partial charge in [0.05, 0.1) is 13.2 Å². The normalized spacial score (nSPS) is 10.5. The van der Waals surface area contributed by atoms with Crippen LogP contribution in [0.2, 0.25) is 0 Å². The van der Waals surface area contributed by atoms with Gasteiger partial charge in [0.25, 0.3) is 5.82 Å². The molecule has 0 unspecified atom stereocenters. The minimum Gasteiger partial charge on any atom is -0.460 e. The molecule has 0 aliphatic rings. The Morgan fingerprint density at radius 1 is 1.42 bits per heavy atom. The molecule has 0 amide bonds. The van der Waals surface area contributed by atoms with Gasteiger partial charge in [-0.3, -0.25) is 0 Å². The SMILES string of the molecule is CCOC(=O)c1nnn(Cc2cc(F)ccc2F)n1. The van der Waals surface area contributed by atoms with Gasteiger partial charge in [-0.15, -0.1) is 10.2 Å². The maximum atomic E-state index is 13.4. The molecule has 100 valence electrons. The van der Waals surface area contributed by atoms with Crippen molar-refractivity contribution in [3.63, 3.8) is 0 Å². The highest BCUT2D eigenvalue weighted by atomic mass is 19.1. The van der Waals surface area contributed by atoms with Crippen molar-refractivity contribution in [3.8, 4) is 0 Å². The summed E-state index contributed by atoms with van der Waals surface area (Å²) in [4.78, 5) is 12.3. The van der Waals surface area contributed by atoms with Gasteiger partial charge in [0, 0.05) is 5.56 Å². The number of nitrogens with zero attached hydrogens (tertiary/aromatic N) is 4. The summed E-state index contributed by atoms with van der Waals surface area (Å²) in [6, 6.07) is 3.05. The Hall–Kier alpha value is -2.38. The molecule has 2 rings (SSSR count). The van der Waals surface area contributed by atoms with Gasteiger partial charge in [0.15, 0.2) is 0 Å². The third-order valence-corrected chi connectivity index (χ3v) is 2.23. The van der Waals surface area contributed by atoms with Gasteiger partial charge in [-0.1, -0.05) is 0 Å². The first kappa shape index (κ1) is 13.1. The topological polar surface area (TPSA) is 69.9 Å². The van der Waals surface area contributed by atoms with E-state index in [1.54, 1.807) is 6.92 Å². The van der Waals surface area contributed by atoms with Gasteiger partial charge in [-0.25, -0.2) is 13.6 Å². The van der Waals surface area contributed by atoms with E-state index in [9.17, 15) is 13.6 Å². The van der Waals surface area contributed by atoms with Crippen molar-refractivity contribution >= 4 is 5.97 Å². The predicted octanol–water partition coefficient (Wildman–Crippen LogP) is 1.18. The third-order valence-electron chi connectivity index (χ3n) is 2.23. The van der Waals surface area contributed by atoms with E-state index in [4.69, 9.17) is 0 Å². The molecule has 0 aliphatic heterocycles. The largest absolute Gasteiger partial charge is 0.460 e. The Bertz CT molecular complexity index is 600. The fourth-order valence-corrected chi connectivity index (χ4v) is 1.40. The van der Waals surface area contributed by atoms with Crippen LogP contribution in [0.15, 0.2) is 18.2 Å². The van der Waals surface area contributed by atoms with Crippen molar-refractivity contribution < 1.29 is 18.3 Å². The molecule has 0 atom stereocenters. The second kappa shape index (κ2) is 5.51. The quantitative estimate of drug-likeness (QED) is 0.779. The van der Waals surface area contributed by atoms with E-state index in [2.05, 4.69) is 20.1 Å². The fraction of sp³-hybridized carbons (Fsp3) is 0.273. The lowest BCUT2D eigenvalue weighted by molar-refractivity contribution is 0.0511. The summed E-state index contributed by atoms with van der Waals surface area (Å²) in [5, 5.41) is 10.8. The van der Waals surface area contributed by atoms with E-state index in [-0.39, 0.29) is 24.5 Å². The molecule has 0 radical (unpaired) electrons. The molecule has 6 nitrogen and oxygen atoms in total. The highest BCUT2D eigenvalue weighted by Gasteiger charge is 2.14. The second-order valence-corrected chi connectivity index (χ2v) is 3.60. The van der Waals surface area contributed by atoms with Gasteiger partial charge in [-0.2, -0.15) is 4.80 Å². The molecule has 0 saturated heterocycles. The predicted molar refractivity (Wildman–Crippen MR) is 59.2 cm³/mol. The Morgan fingerprint density at radius 3 is 2.95 bits per heavy atom. The van der Waals surface area contributed by atoms with Crippen LogP contribution in [0, 0.1) is 11.6 Å². The smallest absolute Gasteiger partial charge is 0.380 e. The summed E-state index contributed by atoms with van der Waals surface area (Å²) < 4.78 is 31.1. The molecule has 0 bridgehead atoms. The maximum Gasteiger partial charge on any atom is 0.380 e. The van der Waals surface area contributed by atoms with Gasteiger partial charge < -0.3 is 4.74 Å². The molecular formula is C11H10F2N4O2. The van der Waals surface area contributed by atoms with E-state index < -0.39 is 17.6 Å². The third kappa shape index (κ3) is 3.09. The van der Waals surface area contributed by atoms with Crippen LogP contribution >= 0.6 is 0 Å². The Balaban J connectivity index is 2.15. The number of carbonyl (C=O) groups is 1. The molecule has 1 aromatic carbocycles. The molecule has 0 fully saturated rings. The van der Waals surface area contributed by atoms with Crippen molar-refractivity contribution in [1.29, 1.82) is 0 Å². The van der Waals surface area contributed by atoms with Gasteiger partial charge in [0.2, 0.25) is 0 Å². The van der Waals surface area contributed by atoms with E-state index in [1.807, 2.05) is 0 Å². The second-order valence-electron chi connectivity index (χ2n) is 3.60. The summed E-state index contributed by atoms with van der Waals surface area (Å²) in [5.41, 5.74) is 0.0628. The van der Waals surface area contributed by atoms with Crippen LogP contribution in [0.25, 0.3) is 0 Å². The van der Waals surface area contributed by atoms with Crippen molar-refractivity contribution in [2.45, 2.75) is 13.5 Å². The Kier molecular flexibility index (Phi) is 3.79. The summed E-state index contributed by atoms with van der Waals surface area (Å²) in [6.45, 7) is 1.70. The first-order chi connectivity index (χ1) is 9.10. The molecule has 1 aromatic heterocycles. The van der Waals surface area contributed by atoms with Crippen LogP contribution in [0.3, 0.4) is 0 Å². The Labute approximate surface area is 107 Å². The maximum absolute atomic E-state index is 13.4. The average molecular weight is 268 g/mol. The highest BCUT2D eigenvalue weighted by Crippen LogP contribution is 2.10. The molecular weight excluding hydrogens is 258 g/mol. The molecule has 19 heavy (non-hydrogen) atoms. The number of benzene rings is 1. The van der Waals surface area contributed by atoms with Crippen molar-refractivity contribution in [2.24, 2.45) is 0 Å². The van der Waals surface area contributed by atoms with Crippen molar-refractivity contribution in [2.75, 3.05) is 6.61 Å². The summed E-state index contributed by atoms with van der Waals surface area (Å²) in [7, 11) is 0. The number of hydrogen-bond donors (Lipinski definition) is 0. The lowest BCUT2D eigenvalue weighted by atomic mass is 10.2.